The van der Waals surface area contributed by atoms with Crippen molar-refractivity contribution in [2.24, 2.45) is 4.99 Å². The molecular formula is C13H13NO2. The molecule has 1 aliphatic heterocycles. The Morgan fingerprint density at radius 2 is 2.12 bits per heavy atom. The van der Waals surface area contributed by atoms with Crippen LogP contribution in [0.1, 0.15) is 29.9 Å². The zero-order valence-corrected chi connectivity index (χ0v) is 8.93. The van der Waals surface area contributed by atoms with Gasteiger partial charge in [0.15, 0.2) is 0 Å². The van der Waals surface area contributed by atoms with Crippen LogP contribution in [0.15, 0.2) is 29.3 Å². The van der Waals surface area contributed by atoms with Crippen LogP contribution in [0.4, 0.5) is 0 Å². The number of nitrogens with zero attached hydrogens (tertiary/aromatic N) is 1. The van der Waals surface area contributed by atoms with Crippen molar-refractivity contribution in [2.75, 3.05) is 0 Å². The summed E-state index contributed by atoms with van der Waals surface area (Å²) in [5.74, 6) is -0.455. The maximum absolute atomic E-state index is 11.9. The largest absolute Gasteiger partial charge is 0.462 e. The molecule has 1 unspecified atom stereocenters. The summed E-state index contributed by atoms with van der Waals surface area (Å²) in [6.07, 6.45) is 3.90. The zero-order valence-electron chi connectivity index (χ0n) is 8.93. The number of aliphatic imine (C=N–C) groups is 1. The van der Waals surface area contributed by atoms with Gasteiger partial charge in [-0.1, -0.05) is 24.3 Å². The molecule has 0 radical (unpaired) electrons. The lowest BCUT2D eigenvalue weighted by Gasteiger charge is -2.18. The second-order valence-electron chi connectivity index (χ2n) is 4.30. The monoisotopic (exact) mass is 215 g/mol. The van der Waals surface area contributed by atoms with E-state index in [2.05, 4.69) is 4.99 Å². The minimum atomic E-state index is -0.300. The van der Waals surface area contributed by atoms with Crippen molar-refractivity contribution in [1.82, 2.24) is 0 Å². The average Bonchev–Trinajstić information content (AvgIpc) is 3.12. The zero-order chi connectivity index (χ0) is 11.0. The highest BCUT2D eigenvalue weighted by Gasteiger charge is 2.31. The number of carbonyl (C=O) groups excluding carboxylic acids is 1. The third-order valence-electron chi connectivity index (χ3n) is 2.97. The molecule has 1 heterocycles. The first kappa shape index (κ1) is 9.58. The topological polar surface area (TPSA) is 38.7 Å². The number of ether oxygens (including phenoxy) is 1. The molecule has 0 saturated heterocycles. The fourth-order valence-electron chi connectivity index (χ4n) is 1.93. The highest BCUT2D eigenvalue weighted by Crippen LogP contribution is 2.29. The molecule has 2 aliphatic rings. The first-order chi connectivity index (χ1) is 7.84. The summed E-state index contributed by atoms with van der Waals surface area (Å²) in [5, 5.41) is 0. The predicted octanol–water partition coefficient (Wildman–Crippen LogP) is 2.06. The quantitative estimate of drug-likeness (QED) is 0.708. The van der Waals surface area contributed by atoms with E-state index in [4.69, 9.17) is 4.74 Å². The SMILES string of the molecule is O=C(OC1CC1)C1C=NCc2ccccc21. The summed E-state index contributed by atoms with van der Waals surface area (Å²) in [7, 11) is 0. The van der Waals surface area contributed by atoms with Crippen LogP contribution in [0.2, 0.25) is 0 Å². The van der Waals surface area contributed by atoms with Gasteiger partial charge in [0.2, 0.25) is 0 Å². The number of carbonyl (C=O) groups is 1. The number of fused-ring (bicyclic) bond motifs is 1. The Bertz CT molecular complexity index is 449. The van der Waals surface area contributed by atoms with E-state index in [1.54, 1.807) is 6.21 Å². The van der Waals surface area contributed by atoms with Crippen molar-refractivity contribution >= 4 is 12.2 Å². The van der Waals surface area contributed by atoms with Gasteiger partial charge < -0.3 is 4.74 Å². The standard InChI is InChI=1S/C13H13NO2/c15-13(16-10-5-6-10)12-8-14-7-9-3-1-2-4-11(9)12/h1-4,8,10,12H,5-7H2. The van der Waals surface area contributed by atoms with Crippen molar-refractivity contribution < 1.29 is 9.53 Å². The van der Waals surface area contributed by atoms with Gasteiger partial charge in [-0.25, -0.2) is 0 Å². The fourth-order valence-corrected chi connectivity index (χ4v) is 1.93. The molecule has 0 N–H and O–H groups in total. The minimum Gasteiger partial charge on any atom is -0.462 e. The maximum Gasteiger partial charge on any atom is 0.319 e. The van der Waals surface area contributed by atoms with Gasteiger partial charge in [-0.05, 0) is 24.0 Å². The molecule has 0 aromatic heterocycles. The van der Waals surface area contributed by atoms with E-state index in [-0.39, 0.29) is 18.0 Å². The van der Waals surface area contributed by atoms with Crippen LogP contribution < -0.4 is 0 Å². The Balaban J connectivity index is 1.86. The Morgan fingerprint density at radius 1 is 1.31 bits per heavy atom. The summed E-state index contributed by atoms with van der Waals surface area (Å²) in [4.78, 5) is 16.1. The first-order valence-electron chi connectivity index (χ1n) is 5.63. The molecule has 3 nitrogen and oxygen atoms in total. The van der Waals surface area contributed by atoms with Gasteiger partial charge in [0.25, 0.3) is 0 Å². The van der Waals surface area contributed by atoms with Crippen LogP contribution in [-0.4, -0.2) is 18.3 Å². The molecular weight excluding hydrogens is 202 g/mol. The van der Waals surface area contributed by atoms with E-state index < -0.39 is 0 Å². The number of rotatable bonds is 2. The number of esters is 1. The highest BCUT2D eigenvalue weighted by atomic mass is 16.5. The molecule has 0 bridgehead atoms. The van der Waals surface area contributed by atoms with Gasteiger partial charge in [0.1, 0.15) is 12.0 Å². The van der Waals surface area contributed by atoms with Crippen molar-refractivity contribution in [3.63, 3.8) is 0 Å². The Hall–Kier alpha value is -1.64. The molecule has 1 fully saturated rings. The van der Waals surface area contributed by atoms with E-state index in [0.717, 1.165) is 24.0 Å². The molecule has 1 saturated carbocycles. The molecule has 1 aliphatic carbocycles. The summed E-state index contributed by atoms with van der Waals surface area (Å²) in [6, 6.07) is 7.93. The molecule has 3 rings (SSSR count). The van der Waals surface area contributed by atoms with Crippen molar-refractivity contribution in [2.45, 2.75) is 31.4 Å². The minimum absolute atomic E-state index is 0.154. The Morgan fingerprint density at radius 3 is 2.94 bits per heavy atom. The smallest absolute Gasteiger partial charge is 0.319 e. The second kappa shape index (κ2) is 3.74. The van der Waals surface area contributed by atoms with Crippen LogP contribution in [0.3, 0.4) is 0 Å². The number of hydrogen-bond donors (Lipinski definition) is 0. The van der Waals surface area contributed by atoms with Gasteiger partial charge in [0, 0.05) is 6.21 Å². The summed E-state index contributed by atoms with van der Waals surface area (Å²) in [6.45, 7) is 0.670. The van der Waals surface area contributed by atoms with Crippen molar-refractivity contribution in [3.05, 3.63) is 35.4 Å². The Kier molecular flexibility index (Phi) is 2.24. The van der Waals surface area contributed by atoms with Gasteiger partial charge in [-0.2, -0.15) is 0 Å². The van der Waals surface area contributed by atoms with Gasteiger partial charge >= 0.3 is 5.97 Å². The molecule has 0 spiro atoms. The second-order valence-corrected chi connectivity index (χ2v) is 4.30. The highest BCUT2D eigenvalue weighted by molar-refractivity contribution is 5.97. The summed E-state index contributed by atoms with van der Waals surface area (Å²) < 4.78 is 5.33. The number of benzene rings is 1. The average molecular weight is 215 g/mol. The van der Waals surface area contributed by atoms with Gasteiger partial charge in [-0.15, -0.1) is 0 Å². The summed E-state index contributed by atoms with van der Waals surface area (Å²) in [5.41, 5.74) is 2.17. The van der Waals surface area contributed by atoms with Crippen molar-refractivity contribution in [3.8, 4) is 0 Å². The molecule has 3 heteroatoms. The third-order valence-corrected chi connectivity index (χ3v) is 2.97. The summed E-state index contributed by atoms with van der Waals surface area (Å²) >= 11 is 0. The van der Waals surface area contributed by atoms with Crippen LogP contribution in [0, 0.1) is 0 Å². The molecule has 1 atom stereocenters. The van der Waals surface area contributed by atoms with Crippen molar-refractivity contribution in [1.29, 1.82) is 0 Å². The predicted molar refractivity (Wildman–Crippen MR) is 60.5 cm³/mol. The van der Waals surface area contributed by atoms with E-state index >= 15 is 0 Å². The molecule has 0 amide bonds. The van der Waals surface area contributed by atoms with E-state index in [1.165, 1.54) is 0 Å². The fraction of sp³-hybridized carbons (Fsp3) is 0.385. The lowest BCUT2D eigenvalue weighted by molar-refractivity contribution is -0.144. The molecule has 16 heavy (non-hydrogen) atoms. The van der Waals surface area contributed by atoms with Crippen LogP contribution >= 0.6 is 0 Å². The normalized spacial score (nSPS) is 22.6. The third kappa shape index (κ3) is 1.73. The number of hydrogen-bond acceptors (Lipinski definition) is 3. The van der Waals surface area contributed by atoms with Crippen LogP contribution in [0.25, 0.3) is 0 Å². The van der Waals surface area contributed by atoms with Gasteiger partial charge in [-0.3, -0.25) is 9.79 Å². The van der Waals surface area contributed by atoms with E-state index in [0.29, 0.717) is 6.54 Å². The maximum atomic E-state index is 11.9. The molecule has 1 aromatic rings. The molecule has 82 valence electrons. The lowest BCUT2D eigenvalue weighted by Crippen LogP contribution is -2.21. The Labute approximate surface area is 94.1 Å². The van der Waals surface area contributed by atoms with Crippen LogP contribution in [-0.2, 0) is 16.1 Å². The lowest BCUT2D eigenvalue weighted by atomic mass is 9.93. The van der Waals surface area contributed by atoms with Crippen LogP contribution in [0.5, 0.6) is 0 Å². The first-order valence-corrected chi connectivity index (χ1v) is 5.63. The van der Waals surface area contributed by atoms with Gasteiger partial charge in [0.05, 0.1) is 6.54 Å². The molecule has 1 aromatic carbocycles. The van der Waals surface area contributed by atoms with E-state index in [9.17, 15) is 4.79 Å². The van der Waals surface area contributed by atoms with E-state index in [1.807, 2.05) is 24.3 Å².